The molecule has 128 valence electrons. The molecule has 1 atom stereocenters. The Kier molecular flexibility index (Phi) is 3.87. The van der Waals surface area contributed by atoms with Crippen LogP contribution in [0, 0.1) is 0 Å². The molecule has 0 saturated heterocycles. The van der Waals surface area contributed by atoms with E-state index in [4.69, 9.17) is 4.74 Å². The fourth-order valence-corrected chi connectivity index (χ4v) is 3.12. The van der Waals surface area contributed by atoms with Gasteiger partial charge in [-0.15, -0.1) is 0 Å². The molecule has 1 aromatic heterocycles. The molecule has 0 spiro atoms. The third-order valence-electron chi connectivity index (χ3n) is 4.62. The van der Waals surface area contributed by atoms with Gasteiger partial charge >= 0.3 is 0 Å². The van der Waals surface area contributed by atoms with Crippen molar-refractivity contribution < 1.29 is 14.3 Å². The Morgan fingerprint density at radius 1 is 1.24 bits per heavy atom. The molecular weight excluding hydrogens is 318 g/mol. The van der Waals surface area contributed by atoms with Crippen molar-refractivity contribution in [2.24, 2.45) is 0 Å². The zero-order valence-corrected chi connectivity index (χ0v) is 13.9. The van der Waals surface area contributed by atoms with Crippen molar-refractivity contribution in [3.05, 3.63) is 58.9 Å². The number of pyridine rings is 1. The molecule has 1 aliphatic carbocycles. The number of carbonyl (C=O) groups excluding carboxylic acids is 2. The van der Waals surface area contributed by atoms with Gasteiger partial charge in [-0.3, -0.25) is 14.6 Å². The molecule has 0 unspecified atom stereocenters. The van der Waals surface area contributed by atoms with E-state index < -0.39 is 0 Å². The Morgan fingerprint density at radius 2 is 2.08 bits per heavy atom. The Labute approximate surface area is 145 Å². The first-order valence-electron chi connectivity index (χ1n) is 8.41. The molecular formula is C19H19N3O3. The highest BCUT2D eigenvalue weighted by Crippen LogP contribution is 2.41. The number of fused-ring (bicyclic) bond motifs is 1. The summed E-state index contributed by atoms with van der Waals surface area (Å²) in [6.45, 7) is 0.429. The van der Waals surface area contributed by atoms with E-state index in [1.807, 2.05) is 18.2 Å². The van der Waals surface area contributed by atoms with Crippen LogP contribution in [0.1, 0.15) is 50.6 Å². The quantitative estimate of drug-likeness (QED) is 0.892. The summed E-state index contributed by atoms with van der Waals surface area (Å²) in [4.78, 5) is 29.0. The molecule has 2 amide bonds. The maximum Gasteiger partial charge on any atom is 0.254 e. The van der Waals surface area contributed by atoms with Crippen molar-refractivity contribution in [1.82, 2.24) is 15.6 Å². The largest absolute Gasteiger partial charge is 0.491 e. The van der Waals surface area contributed by atoms with Crippen molar-refractivity contribution in [2.45, 2.75) is 24.8 Å². The number of nitrogens with one attached hydrogen (secondary N) is 2. The summed E-state index contributed by atoms with van der Waals surface area (Å²) in [5.74, 6) is 0.105. The highest BCUT2D eigenvalue weighted by Gasteiger charge is 2.32. The van der Waals surface area contributed by atoms with Gasteiger partial charge in [0.15, 0.2) is 0 Å². The van der Waals surface area contributed by atoms with Gasteiger partial charge in [-0.05, 0) is 36.6 Å². The second-order valence-electron chi connectivity index (χ2n) is 6.42. The zero-order valence-electron chi connectivity index (χ0n) is 13.9. The van der Waals surface area contributed by atoms with Crippen LogP contribution in [-0.4, -0.2) is 36.5 Å². The molecule has 1 fully saturated rings. The highest BCUT2D eigenvalue weighted by molar-refractivity contribution is 6.02. The van der Waals surface area contributed by atoms with E-state index >= 15 is 0 Å². The van der Waals surface area contributed by atoms with Crippen LogP contribution in [0.3, 0.4) is 0 Å². The molecule has 1 saturated carbocycles. The van der Waals surface area contributed by atoms with Gasteiger partial charge in [0.25, 0.3) is 11.8 Å². The Balaban J connectivity index is 1.78. The fraction of sp³-hybridized carbons (Fsp3) is 0.316. The van der Waals surface area contributed by atoms with Crippen molar-refractivity contribution in [1.29, 1.82) is 0 Å². The summed E-state index contributed by atoms with van der Waals surface area (Å²) in [5, 5.41) is 5.60. The summed E-state index contributed by atoms with van der Waals surface area (Å²) in [5.41, 5.74) is 2.75. The summed E-state index contributed by atoms with van der Waals surface area (Å²) >= 11 is 0. The molecule has 1 aromatic carbocycles. The van der Waals surface area contributed by atoms with E-state index in [1.54, 1.807) is 25.5 Å². The number of ether oxygens (including phenoxy) is 1. The molecule has 6 heteroatoms. The minimum absolute atomic E-state index is 0.0409. The van der Waals surface area contributed by atoms with Gasteiger partial charge in [0.1, 0.15) is 5.75 Å². The van der Waals surface area contributed by atoms with Crippen LogP contribution in [0.15, 0.2) is 36.7 Å². The first-order valence-corrected chi connectivity index (χ1v) is 8.41. The number of amides is 2. The molecule has 2 heterocycles. The zero-order chi connectivity index (χ0) is 17.4. The van der Waals surface area contributed by atoms with E-state index in [2.05, 4.69) is 15.6 Å². The van der Waals surface area contributed by atoms with Crippen LogP contribution >= 0.6 is 0 Å². The minimum atomic E-state index is -0.260. The van der Waals surface area contributed by atoms with Crippen LogP contribution in [0.25, 0.3) is 0 Å². The van der Waals surface area contributed by atoms with Gasteiger partial charge in [0, 0.05) is 42.5 Å². The average Bonchev–Trinajstić information content (AvgIpc) is 3.36. The van der Waals surface area contributed by atoms with Crippen molar-refractivity contribution in [3.63, 3.8) is 0 Å². The van der Waals surface area contributed by atoms with E-state index in [-0.39, 0.29) is 23.8 Å². The normalized spacial score (nSPS) is 18.2. The van der Waals surface area contributed by atoms with Gasteiger partial charge in [-0.25, -0.2) is 0 Å². The van der Waals surface area contributed by atoms with Gasteiger partial charge in [-0.1, -0.05) is 6.07 Å². The molecule has 0 radical (unpaired) electrons. The van der Waals surface area contributed by atoms with E-state index in [0.717, 1.165) is 24.0 Å². The van der Waals surface area contributed by atoms with Crippen LogP contribution < -0.4 is 15.4 Å². The molecule has 6 nitrogen and oxygen atoms in total. The number of nitrogens with zero attached hydrogens (tertiary/aromatic N) is 1. The number of carbonyl (C=O) groups is 2. The molecule has 0 bridgehead atoms. The molecule has 1 aliphatic heterocycles. The van der Waals surface area contributed by atoms with E-state index in [9.17, 15) is 9.59 Å². The first-order chi connectivity index (χ1) is 12.2. The van der Waals surface area contributed by atoms with Gasteiger partial charge in [-0.2, -0.15) is 0 Å². The SMILES string of the molecule is CNC(=O)c1cc(C(=O)NC2CC2)cc2c1OC[C@@H]2c1cccnc1. The van der Waals surface area contributed by atoms with Crippen LogP contribution in [-0.2, 0) is 0 Å². The van der Waals surface area contributed by atoms with Crippen LogP contribution in [0.2, 0.25) is 0 Å². The average molecular weight is 337 g/mol. The number of hydrogen-bond donors (Lipinski definition) is 2. The van der Waals surface area contributed by atoms with Crippen molar-refractivity contribution in [3.8, 4) is 5.75 Å². The van der Waals surface area contributed by atoms with E-state index in [0.29, 0.717) is 23.5 Å². The van der Waals surface area contributed by atoms with Crippen LogP contribution in [0.4, 0.5) is 0 Å². The first kappa shape index (κ1) is 15.6. The van der Waals surface area contributed by atoms with Gasteiger partial charge in [0.2, 0.25) is 0 Å². The number of hydrogen-bond acceptors (Lipinski definition) is 4. The number of aromatic nitrogens is 1. The summed E-state index contributed by atoms with van der Waals surface area (Å²) in [7, 11) is 1.57. The van der Waals surface area contributed by atoms with Gasteiger partial charge < -0.3 is 15.4 Å². The Bertz CT molecular complexity index is 831. The summed E-state index contributed by atoms with van der Waals surface area (Å²) in [6.07, 6.45) is 5.54. The van der Waals surface area contributed by atoms with Crippen molar-refractivity contribution >= 4 is 11.8 Å². The Hall–Kier alpha value is -2.89. The monoisotopic (exact) mass is 337 g/mol. The fourth-order valence-electron chi connectivity index (χ4n) is 3.12. The molecule has 2 N–H and O–H groups in total. The summed E-state index contributed by atoms with van der Waals surface area (Å²) in [6, 6.07) is 7.56. The minimum Gasteiger partial charge on any atom is -0.491 e. The molecule has 2 aromatic rings. The maximum atomic E-state index is 12.5. The summed E-state index contributed by atoms with van der Waals surface area (Å²) < 4.78 is 5.83. The predicted molar refractivity (Wildman–Crippen MR) is 91.9 cm³/mol. The smallest absolute Gasteiger partial charge is 0.254 e. The van der Waals surface area contributed by atoms with Crippen molar-refractivity contribution in [2.75, 3.05) is 13.7 Å². The second-order valence-corrected chi connectivity index (χ2v) is 6.42. The second kappa shape index (κ2) is 6.20. The van der Waals surface area contributed by atoms with Crippen LogP contribution in [0.5, 0.6) is 5.75 Å². The number of rotatable bonds is 4. The lowest BCUT2D eigenvalue weighted by Gasteiger charge is -2.12. The number of benzene rings is 1. The molecule has 25 heavy (non-hydrogen) atoms. The Morgan fingerprint density at radius 3 is 2.76 bits per heavy atom. The lowest BCUT2D eigenvalue weighted by molar-refractivity contribution is 0.0951. The third-order valence-corrected chi connectivity index (χ3v) is 4.62. The standard InChI is InChI=1S/C19H19N3O3/c1-20-19(24)15-8-12(18(23)22-13-4-5-13)7-14-16(10-25-17(14)15)11-3-2-6-21-9-11/h2-3,6-9,13,16H,4-5,10H2,1H3,(H,20,24)(H,22,23)/t16-/m1/s1. The van der Waals surface area contributed by atoms with E-state index in [1.165, 1.54) is 0 Å². The van der Waals surface area contributed by atoms with Gasteiger partial charge in [0.05, 0.1) is 12.2 Å². The lowest BCUT2D eigenvalue weighted by Crippen LogP contribution is -2.26. The highest BCUT2D eigenvalue weighted by atomic mass is 16.5. The maximum absolute atomic E-state index is 12.5. The predicted octanol–water partition coefficient (Wildman–Crippen LogP) is 1.86. The topological polar surface area (TPSA) is 80.3 Å². The lowest BCUT2D eigenvalue weighted by atomic mass is 9.91. The molecule has 4 rings (SSSR count). The third kappa shape index (κ3) is 2.95. The molecule has 2 aliphatic rings.